The summed E-state index contributed by atoms with van der Waals surface area (Å²) in [4.78, 5) is 23.6. The van der Waals surface area contributed by atoms with Gasteiger partial charge in [-0.25, -0.2) is 9.97 Å². The Morgan fingerprint density at radius 2 is 1.75 bits per heavy atom. The van der Waals surface area contributed by atoms with Crippen LogP contribution in [0.25, 0.3) is 28.5 Å². The van der Waals surface area contributed by atoms with Gasteiger partial charge in [0.05, 0.1) is 17.2 Å². The minimum Gasteiger partial charge on any atom is -0.357 e. The van der Waals surface area contributed by atoms with Crippen LogP contribution in [-0.2, 0) is 24.8 Å². The molecule has 5 heteroatoms. The minimum atomic E-state index is -0.200. The summed E-state index contributed by atoms with van der Waals surface area (Å²) >= 11 is 0. The van der Waals surface area contributed by atoms with Crippen molar-refractivity contribution in [1.82, 2.24) is 19.9 Å². The molecule has 7 rings (SSSR count). The highest BCUT2D eigenvalue weighted by molar-refractivity contribution is 5.84. The number of fused-ring (bicyclic) bond motifs is 1. The highest BCUT2D eigenvalue weighted by atomic mass is 16.1. The number of hydrogen-bond acceptors (Lipinski definition) is 3. The van der Waals surface area contributed by atoms with E-state index in [-0.39, 0.29) is 17.7 Å². The van der Waals surface area contributed by atoms with Crippen LogP contribution < -0.4 is 5.32 Å². The van der Waals surface area contributed by atoms with Crippen LogP contribution in [0.3, 0.4) is 0 Å². The van der Waals surface area contributed by atoms with Gasteiger partial charge in [-0.3, -0.25) is 4.79 Å². The van der Waals surface area contributed by atoms with Crippen molar-refractivity contribution in [1.29, 1.82) is 0 Å². The number of nitrogens with zero attached hydrogens (tertiary/aromatic N) is 3. The third-order valence-electron chi connectivity index (χ3n) is 10.3. The predicted octanol–water partition coefficient (Wildman–Crippen LogP) is 8.71. The van der Waals surface area contributed by atoms with Gasteiger partial charge >= 0.3 is 0 Å². The van der Waals surface area contributed by atoms with Crippen molar-refractivity contribution in [2.45, 2.75) is 57.4 Å². The summed E-state index contributed by atoms with van der Waals surface area (Å²) in [6.07, 6.45) is 21.1. The van der Waals surface area contributed by atoms with E-state index in [0.29, 0.717) is 18.4 Å². The lowest BCUT2D eigenvalue weighted by Gasteiger charge is -2.33. The van der Waals surface area contributed by atoms with Gasteiger partial charge in [0.1, 0.15) is 5.82 Å². The molecule has 0 spiro atoms. The number of aromatic nitrogens is 3. The van der Waals surface area contributed by atoms with Gasteiger partial charge in [-0.05, 0) is 89.0 Å². The lowest BCUT2D eigenvalue weighted by Crippen LogP contribution is -2.35. The van der Waals surface area contributed by atoms with Crippen molar-refractivity contribution < 1.29 is 4.79 Å². The van der Waals surface area contributed by atoms with E-state index in [1.165, 1.54) is 16.7 Å². The largest absolute Gasteiger partial charge is 0.357 e. The van der Waals surface area contributed by atoms with Crippen LogP contribution in [0.2, 0.25) is 0 Å². The molecule has 1 amide bonds. The number of amides is 1. The van der Waals surface area contributed by atoms with E-state index in [2.05, 4.69) is 108 Å². The quantitative estimate of drug-likeness (QED) is 0.166. The summed E-state index contributed by atoms with van der Waals surface area (Å²) in [7, 11) is 2.03. The maximum Gasteiger partial charge on any atom is 0.228 e. The molecule has 0 aliphatic heterocycles. The van der Waals surface area contributed by atoms with Gasteiger partial charge in [-0.15, -0.1) is 6.42 Å². The number of terminal acetylenes is 1. The summed E-state index contributed by atoms with van der Waals surface area (Å²) in [5, 5.41) is 3.26. The second kappa shape index (κ2) is 13.9. The fraction of sp³-hybridized carbons (Fsp3) is 0.279. The minimum absolute atomic E-state index is 0.103. The molecule has 240 valence electrons. The normalized spacial score (nSPS) is 19.0. The smallest absolute Gasteiger partial charge is 0.228 e. The third kappa shape index (κ3) is 6.75. The zero-order valence-corrected chi connectivity index (χ0v) is 27.8. The average Bonchev–Trinajstić information content (AvgIpc) is 3.73. The Kier molecular flexibility index (Phi) is 9.07. The predicted molar refractivity (Wildman–Crippen MR) is 194 cm³/mol. The molecule has 2 atom stereocenters. The van der Waals surface area contributed by atoms with Crippen molar-refractivity contribution >= 4 is 12.0 Å². The van der Waals surface area contributed by atoms with E-state index in [9.17, 15) is 4.79 Å². The Morgan fingerprint density at radius 1 is 0.979 bits per heavy atom. The molecule has 1 fully saturated rings. The van der Waals surface area contributed by atoms with Gasteiger partial charge in [0.2, 0.25) is 5.91 Å². The molecule has 1 N–H and O–H groups in total. The van der Waals surface area contributed by atoms with Crippen molar-refractivity contribution in [3.63, 3.8) is 0 Å². The SMILES string of the molecule is C#Cc1cnc(C[C@H]2CC[C@H](C(C(=O)NCc3ccccc3)c3ccc(-c4ccn(C)c4)cc3)CC2)nc1-c1ccc2c(c1)C=CC2C. The molecule has 5 nitrogen and oxygen atoms in total. The molecule has 0 saturated heterocycles. The van der Waals surface area contributed by atoms with Crippen molar-refractivity contribution in [2.75, 3.05) is 0 Å². The Balaban J connectivity index is 1.06. The summed E-state index contributed by atoms with van der Waals surface area (Å²) in [5.74, 6) is 4.70. The highest BCUT2D eigenvalue weighted by Gasteiger charge is 2.33. The van der Waals surface area contributed by atoms with E-state index in [1.807, 2.05) is 25.2 Å². The van der Waals surface area contributed by atoms with Crippen LogP contribution in [0.5, 0.6) is 0 Å². The Hall–Kier alpha value is -5.21. The molecular formula is C43H42N4O. The zero-order chi connectivity index (χ0) is 33.0. The highest BCUT2D eigenvalue weighted by Crippen LogP contribution is 2.40. The molecule has 0 radical (unpaired) electrons. The van der Waals surface area contributed by atoms with E-state index in [4.69, 9.17) is 16.4 Å². The number of hydrogen-bond donors (Lipinski definition) is 1. The molecule has 2 aromatic heterocycles. The molecule has 2 unspecified atom stereocenters. The zero-order valence-electron chi connectivity index (χ0n) is 27.8. The molecular weight excluding hydrogens is 589 g/mol. The van der Waals surface area contributed by atoms with Crippen molar-refractivity contribution in [2.24, 2.45) is 18.9 Å². The molecule has 48 heavy (non-hydrogen) atoms. The van der Waals surface area contributed by atoms with E-state index in [1.54, 1.807) is 6.20 Å². The van der Waals surface area contributed by atoms with Crippen LogP contribution in [0.1, 0.15) is 78.1 Å². The molecule has 3 aromatic carbocycles. The summed E-state index contributed by atoms with van der Waals surface area (Å²) in [6, 6.07) is 27.4. The second-order valence-corrected chi connectivity index (χ2v) is 13.5. The van der Waals surface area contributed by atoms with E-state index < -0.39 is 0 Å². The molecule has 5 aromatic rings. The van der Waals surface area contributed by atoms with Crippen LogP contribution in [0.4, 0.5) is 0 Å². The molecule has 2 aliphatic carbocycles. The van der Waals surface area contributed by atoms with Crippen LogP contribution in [0.15, 0.2) is 104 Å². The maximum atomic E-state index is 13.9. The van der Waals surface area contributed by atoms with Gasteiger partial charge in [0.15, 0.2) is 0 Å². The van der Waals surface area contributed by atoms with E-state index in [0.717, 1.165) is 71.4 Å². The monoisotopic (exact) mass is 630 g/mol. The lowest BCUT2D eigenvalue weighted by molar-refractivity contribution is -0.124. The number of aryl methyl sites for hydroxylation is 1. The van der Waals surface area contributed by atoms with Crippen molar-refractivity contribution in [3.8, 4) is 34.7 Å². The second-order valence-electron chi connectivity index (χ2n) is 13.5. The topological polar surface area (TPSA) is 59.8 Å². The molecule has 1 saturated carbocycles. The first-order chi connectivity index (χ1) is 23.4. The van der Waals surface area contributed by atoms with Crippen LogP contribution in [-0.4, -0.2) is 20.4 Å². The third-order valence-corrected chi connectivity index (χ3v) is 10.3. The molecule has 0 bridgehead atoms. The van der Waals surface area contributed by atoms with Crippen LogP contribution >= 0.6 is 0 Å². The summed E-state index contributed by atoms with van der Waals surface area (Å²) < 4.78 is 2.06. The number of allylic oxidation sites excluding steroid dienone is 1. The first-order valence-corrected chi connectivity index (χ1v) is 17.1. The van der Waals surface area contributed by atoms with Crippen molar-refractivity contribution in [3.05, 3.63) is 137 Å². The van der Waals surface area contributed by atoms with Gasteiger partial charge in [0.25, 0.3) is 0 Å². The Labute approximate surface area is 284 Å². The number of rotatable bonds is 9. The molecule has 2 heterocycles. The standard InChI is InChI=1S/C43H42N4O/c1-4-32-27-44-40(46-42(32)37-20-21-39-29(2)10-13-36(39)25-37)24-30-11-14-34(15-12-30)41(43(48)45-26-31-8-6-5-7-9-31)35-18-16-33(17-19-35)38-22-23-47(3)28-38/h1,5-10,13,16-23,25,27-30,34,41H,11-12,14-15,24,26H2,2-3H3,(H,45,48)/t29?,30-,34-,41?. The average molecular weight is 631 g/mol. The Morgan fingerprint density at radius 3 is 2.48 bits per heavy atom. The van der Waals surface area contributed by atoms with Gasteiger partial charge < -0.3 is 9.88 Å². The first-order valence-electron chi connectivity index (χ1n) is 17.1. The fourth-order valence-corrected chi connectivity index (χ4v) is 7.55. The number of benzene rings is 3. The Bertz CT molecular complexity index is 1970. The van der Waals surface area contributed by atoms with Gasteiger partial charge in [-0.1, -0.05) is 91.7 Å². The van der Waals surface area contributed by atoms with Gasteiger partial charge in [-0.2, -0.15) is 0 Å². The van der Waals surface area contributed by atoms with Gasteiger partial charge in [0, 0.05) is 44.2 Å². The summed E-state index contributed by atoms with van der Waals surface area (Å²) in [6.45, 7) is 2.74. The fourth-order valence-electron chi connectivity index (χ4n) is 7.55. The number of carbonyl (C=O) groups is 1. The number of carbonyl (C=O) groups excluding carboxylic acids is 1. The maximum absolute atomic E-state index is 13.9. The lowest BCUT2D eigenvalue weighted by atomic mass is 9.72. The molecule has 2 aliphatic rings. The first kappa shape index (κ1) is 31.4. The van der Waals surface area contributed by atoms with Crippen LogP contribution in [0, 0.1) is 24.2 Å². The number of nitrogens with one attached hydrogen (secondary N) is 1. The summed E-state index contributed by atoms with van der Waals surface area (Å²) in [5.41, 5.74) is 9.70. The van der Waals surface area contributed by atoms with E-state index >= 15 is 0 Å².